The van der Waals surface area contributed by atoms with E-state index in [1.807, 2.05) is 37.3 Å². The Morgan fingerprint density at radius 2 is 1.96 bits per heavy atom. The maximum atomic E-state index is 12.2. The molecule has 3 N–H and O–H groups in total. The Bertz CT molecular complexity index is 751. The van der Waals surface area contributed by atoms with E-state index in [0.29, 0.717) is 23.9 Å². The molecule has 1 aromatic heterocycles. The quantitative estimate of drug-likeness (QED) is 0.724. The molecule has 1 atom stereocenters. The van der Waals surface area contributed by atoms with E-state index in [2.05, 4.69) is 15.6 Å². The summed E-state index contributed by atoms with van der Waals surface area (Å²) in [6.07, 6.45) is 2.08. The molecule has 0 saturated heterocycles. The van der Waals surface area contributed by atoms with Gasteiger partial charge in [0.25, 0.3) is 11.8 Å². The van der Waals surface area contributed by atoms with Gasteiger partial charge in [0, 0.05) is 25.6 Å². The summed E-state index contributed by atoms with van der Waals surface area (Å²) in [6.45, 7) is 2.36. The second-order valence-corrected chi connectivity index (χ2v) is 6.15. The van der Waals surface area contributed by atoms with Crippen LogP contribution in [0.3, 0.4) is 0 Å². The number of aromatic amines is 1. The van der Waals surface area contributed by atoms with Gasteiger partial charge in [0.15, 0.2) is 5.75 Å². The molecule has 1 fully saturated rings. The number of hydrogen-bond donors (Lipinski definition) is 3. The Morgan fingerprint density at radius 3 is 2.56 bits per heavy atom. The van der Waals surface area contributed by atoms with Crippen LogP contribution in [0.4, 0.5) is 0 Å². The van der Waals surface area contributed by atoms with Gasteiger partial charge in [-0.15, -0.1) is 0 Å². The maximum absolute atomic E-state index is 12.2. The molecule has 0 spiro atoms. The molecule has 132 valence electrons. The Balaban J connectivity index is 1.91. The van der Waals surface area contributed by atoms with Crippen LogP contribution in [0.5, 0.6) is 5.75 Å². The number of ether oxygens (including phenoxy) is 1. The molecular weight excluding hydrogens is 318 g/mol. The van der Waals surface area contributed by atoms with Gasteiger partial charge < -0.3 is 20.4 Å². The van der Waals surface area contributed by atoms with E-state index < -0.39 is 0 Å². The summed E-state index contributed by atoms with van der Waals surface area (Å²) in [4.78, 5) is 27.2. The highest BCUT2D eigenvalue weighted by Gasteiger charge is 2.35. The number of aromatic nitrogens is 1. The summed E-state index contributed by atoms with van der Waals surface area (Å²) in [7, 11) is 1.55. The van der Waals surface area contributed by atoms with E-state index in [4.69, 9.17) is 4.74 Å². The Morgan fingerprint density at radius 1 is 1.24 bits per heavy atom. The van der Waals surface area contributed by atoms with Crippen molar-refractivity contribution in [3.05, 3.63) is 53.3 Å². The van der Waals surface area contributed by atoms with Crippen LogP contribution in [-0.2, 0) is 0 Å². The monoisotopic (exact) mass is 341 g/mol. The Labute approximate surface area is 147 Å². The van der Waals surface area contributed by atoms with E-state index in [0.717, 1.165) is 18.4 Å². The predicted octanol–water partition coefficient (Wildman–Crippen LogP) is 2.65. The first-order valence-electron chi connectivity index (χ1n) is 8.59. The second-order valence-electron chi connectivity index (χ2n) is 6.15. The average Bonchev–Trinajstić information content (AvgIpc) is 3.39. The minimum atomic E-state index is -0.312. The zero-order chi connectivity index (χ0) is 17.8. The number of nitrogens with one attached hydrogen (secondary N) is 3. The van der Waals surface area contributed by atoms with Gasteiger partial charge in [-0.2, -0.15) is 0 Å². The fraction of sp³-hybridized carbons (Fsp3) is 0.368. The molecular formula is C19H23N3O3. The molecule has 6 heteroatoms. The van der Waals surface area contributed by atoms with Crippen LogP contribution in [0.2, 0.25) is 0 Å². The lowest BCUT2D eigenvalue weighted by Gasteiger charge is -2.19. The molecule has 0 unspecified atom stereocenters. The van der Waals surface area contributed by atoms with Crippen molar-refractivity contribution in [1.29, 1.82) is 0 Å². The molecule has 0 radical (unpaired) electrons. The molecule has 2 aromatic rings. The standard InChI is InChI=1S/C19H23N3O3/c1-3-21-18(23)14-11-15(16(22-14)19(24)20-2)25-17(13-9-10-13)12-7-5-4-6-8-12/h4-8,11,13,17,22H,3,9-10H2,1-2H3,(H,20,24)(H,21,23)/t17-/m1/s1. The van der Waals surface area contributed by atoms with E-state index >= 15 is 0 Å². The number of carbonyl (C=O) groups is 2. The lowest BCUT2D eigenvalue weighted by molar-refractivity contribution is 0.0949. The highest BCUT2D eigenvalue weighted by atomic mass is 16.5. The van der Waals surface area contributed by atoms with Gasteiger partial charge in [0.2, 0.25) is 0 Å². The SMILES string of the molecule is CCNC(=O)c1cc(O[C@H](c2ccccc2)C2CC2)c(C(=O)NC)[nH]1. The summed E-state index contributed by atoms with van der Waals surface area (Å²) >= 11 is 0. The van der Waals surface area contributed by atoms with E-state index in [1.165, 1.54) is 0 Å². The smallest absolute Gasteiger partial charge is 0.271 e. The normalized spacial score (nSPS) is 14.6. The zero-order valence-electron chi connectivity index (χ0n) is 14.5. The molecule has 0 aliphatic heterocycles. The number of amides is 2. The van der Waals surface area contributed by atoms with Gasteiger partial charge in [0.05, 0.1) is 0 Å². The van der Waals surface area contributed by atoms with Gasteiger partial charge in [-0.3, -0.25) is 9.59 Å². The minimum absolute atomic E-state index is 0.123. The third-order valence-corrected chi connectivity index (χ3v) is 4.25. The molecule has 1 aliphatic rings. The molecule has 3 rings (SSSR count). The summed E-state index contributed by atoms with van der Waals surface area (Å²) < 4.78 is 6.22. The molecule has 6 nitrogen and oxygen atoms in total. The topological polar surface area (TPSA) is 83.2 Å². The van der Waals surface area contributed by atoms with Crippen LogP contribution in [-0.4, -0.2) is 30.4 Å². The van der Waals surface area contributed by atoms with Crippen LogP contribution >= 0.6 is 0 Å². The van der Waals surface area contributed by atoms with Gasteiger partial charge in [0.1, 0.15) is 17.5 Å². The highest BCUT2D eigenvalue weighted by Crippen LogP contribution is 2.44. The third-order valence-electron chi connectivity index (χ3n) is 4.25. The number of rotatable bonds is 7. The fourth-order valence-corrected chi connectivity index (χ4v) is 2.82. The minimum Gasteiger partial charge on any atom is -0.483 e. The van der Waals surface area contributed by atoms with E-state index in [-0.39, 0.29) is 23.6 Å². The lowest BCUT2D eigenvalue weighted by Crippen LogP contribution is -2.23. The maximum Gasteiger partial charge on any atom is 0.271 e. The van der Waals surface area contributed by atoms with Crippen molar-refractivity contribution >= 4 is 11.8 Å². The van der Waals surface area contributed by atoms with Crippen molar-refractivity contribution in [3.8, 4) is 5.75 Å². The largest absolute Gasteiger partial charge is 0.483 e. The fourth-order valence-electron chi connectivity index (χ4n) is 2.82. The van der Waals surface area contributed by atoms with Crippen LogP contribution in [0.15, 0.2) is 36.4 Å². The lowest BCUT2D eigenvalue weighted by atomic mass is 10.1. The highest BCUT2D eigenvalue weighted by molar-refractivity contribution is 5.99. The zero-order valence-corrected chi connectivity index (χ0v) is 14.5. The van der Waals surface area contributed by atoms with Crippen molar-refractivity contribution in [2.45, 2.75) is 25.9 Å². The summed E-state index contributed by atoms with van der Waals surface area (Å²) in [5, 5.41) is 5.30. The second kappa shape index (κ2) is 7.42. The van der Waals surface area contributed by atoms with E-state index in [1.54, 1.807) is 13.1 Å². The van der Waals surface area contributed by atoms with Crippen LogP contribution in [0.25, 0.3) is 0 Å². The molecule has 1 saturated carbocycles. The molecule has 25 heavy (non-hydrogen) atoms. The number of hydrogen-bond acceptors (Lipinski definition) is 3. The number of benzene rings is 1. The molecule has 0 bridgehead atoms. The molecule has 2 amide bonds. The van der Waals surface area contributed by atoms with Gasteiger partial charge in [-0.25, -0.2) is 0 Å². The average molecular weight is 341 g/mol. The number of carbonyl (C=O) groups excluding carboxylic acids is 2. The van der Waals surface area contributed by atoms with E-state index in [9.17, 15) is 9.59 Å². The van der Waals surface area contributed by atoms with Crippen molar-refractivity contribution in [2.75, 3.05) is 13.6 Å². The van der Waals surface area contributed by atoms with Crippen molar-refractivity contribution in [2.24, 2.45) is 5.92 Å². The number of H-pyrrole nitrogens is 1. The summed E-state index contributed by atoms with van der Waals surface area (Å²) in [5.74, 6) is 0.266. The van der Waals surface area contributed by atoms with Crippen LogP contribution < -0.4 is 15.4 Å². The Kier molecular flexibility index (Phi) is 5.07. The van der Waals surface area contributed by atoms with Crippen molar-refractivity contribution < 1.29 is 14.3 Å². The third kappa shape index (κ3) is 3.84. The molecule has 1 aliphatic carbocycles. The first-order valence-corrected chi connectivity index (χ1v) is 8.59. The summed E-state index contributed by atoms with van der Waals surface area (Å²) in [5.41, 5.74) is 1.66. The van der Waals surface area contributed by atoms with Gasteiger partial charge >= 0.3 is 0 Å². The predicted molar refractivity (Wildman–Crippen MR) is 94.7 cm³/mol. The first kappa shape index (κ1) is 17.1. The van der Waals surface area contributed by atoms with Gasteiger partial charge in [-0.1, -0.05) is 30.3 Å². The summed E-state index contributed by atoms with van der Waals surface area (Å²) in [6, 6.07) is 11.6. The van der Waals surface area contributed by atoms with Crippen LogP contribution in [0.1, 0.15) is 52.4 Å². The Hall–Kier alpha value is -2.76. The molecule has 1 heterocycles. The van der Waals surface area contributed by atoms with Crippen molar-refractivity contribution in [1.82, 2.24) is 15.6 Å². The van der Waals surface area contributed by atoms with Crippen LogP contribution in [0, 0.1) is 5.92 Å². The first-order chi connectivity index (χ1) is 12.1. The van der Waals surface area contributed by atoms with Gasteiger partial charge in [-0.05, 0) is 25.3 Å². The van der Waals surface area contributed by atoms with Crippen molar-refractivity contribution in [3.63, 3.8) is 0 Å². The molecule has 1 aromatic carbocycles.